The Kier molecular flexibility index (Phi) is 2.94. The Labute approximate surface area is 104 Å². The lowest BCUT2D eigenvalue weighted by Gasteiger charge is -2.08. The Bertz CT molecular complexity index is 619. The number of anilines is 1. The van der Waals surface area contributed by atoms with Gasteiger partial charge in [0, 0.05) is 10.1 Å². The molecular formula is C11H8F3NO2S. The van der Waals surface area contributed by atoms with Crippen LogP contribution in [0.25, 0.3) is 10.1 Å². The molecule has 2 N–H and O–H groups in total. The van der Waals surface area contributed by atoms with Crippen molar-refractivity contribution in [3.63, 3.8) is 0 Å². The third-order valence-corrected chi connectivity index (χ3v) is 3.58. The van der Waals surface area contributed by atoms with Gasteiger partial charge in [0.1, 0.15) is 4.88 Å². The van der Waals surface area contributed by atoms with E-state index in [1.54, 1.807) is 0 Å². The van der Waals surface area contributed by atoms with Gasteiger partial charge in [-0.3, -0.25) is 0 Å². The molecule has 0 saturated heterocycles. The van der Waals surface area contributed by atoms with Gasteiger partial charge in [0.05, 0.1) is 18.4 Å². The number of carbonyl (C=O) groups excluding carboxylic acids is 1. The molecule has 0 spiro atoms. The molecule has 0 fully saturated rings. The van der Waals surface area contributed by atoms with Crippen molar-refractivity contribution in [1.82, 2.24) is 0 Å². The Morgan fingerprint density at radius 2 is 2.06 bits per heavy atom. The molecular weight excluding hydrogens is 267 g/mol. The van der Waals surface area contributed by atoms with Crippen molar-refractivity contribution >= 4 is 33.1 Å². The molecule has 2 rings (SSSR count). The Hall–Kier alpha value is -1.76. The molecule has 0 atom stereocenters. The fourth-order valence-electron chi connectivity index (χ4n) is 1.65. The molecule has 96 valence electrons. The van der Waals surface area contributed by atoms with E-state index in [0.29, 0.717) is 4.70 Å². The van der Waals surface area contributed by atoms with Crippen LogP contribution in [-0.4, -0.2) is 13.1 Å². The normalized spacial score (nSPS) is 11.8. The number of halogens is 3. The summed E-state index contributed by atoms with van der Waals surface area (Å²) < 4.78 is 43.3. The van der Waals surface area contributed by atoms with Crippen LogP contribution in [0.15, 0.2) is 18.2 Å². The highest BCUT2D eigenvalue weighted by Gasteiger charge is 2.34. The van der Waals surface area contributed by atoms with E-state index < -0.39 is 17.7 Å². The molecule has 3 nitrogen and oxygen atoms in total. The Morgan fingerprint density at radius 1 is 1.39 bits per heavy atom. The maximum atomic E-state index is 12.8. The van der Waals surface area contributed by atoms with Gasteiger partial charge in [-0.15, -0.1) is 11.3 Å². The molecule has 0 aliphatic carbocycles. The first kappa shape index (κ1) is 12.7. The number of alkyl halides is 3. The zero-order valence-electron chi connectivity index (χ0n) is 9.17. The largest absolute Gasteiger partial charge is 0.465 e. The molecule has 0 aliphatic heterocycles. The zero-order chi connectivity index (χ0) is 13.5. The maximum absolute atomic E-state index is 12.8. The van der Waals surface area contributed by atoms with Gasteiger partial charge in [0.2, 0.25) is 0 Å². The van der Waals surface area contributed by atoms with Gasteiger partial charge in [-0.1, -0.05) is 6.07 Å². The molecule has 2 aromatic rings. The van der Waals surface area contributed by atoms with Gasteiger partial charge in [-0.05, 0) is 12.1 Å². The standard InChI is InChI=1S/C11H8F3NO2S/c1-17-10(16)9-8(15)7-5(11(12,13)14)3-2-4-6(7)18-9/h2-4H,15H2,1H3. The summed E-state index contributed by atoms with van der Waals surface area (Å²) >= 11 is 0.887. The van der Waals surface area contributed by atoms with Gasteiger partial charge in [0.15, 0.2) is 0 Å². The van der Waals surface area contributed by atoms with Crippen LogP contribution in [0.1, 0.15) is 15.2 Å². The maximum Gasteiger partial charge on any atom is 0.417 e. The molecule has 1 aromatic heterocycles. The summed E-state index contributed by atoms with van der Waals surface area (Å²) in [6.07, 6.45) is -4.51. The van der Waals surface area contributed by atoms with E-state index in [1.807, 2.05) is 0 Å². The second-order valence-electron chi connectivity index (χ2n) is 3.51. The summed E-state index contributed by atoms with van der Waals surface area (Å²) in [6, 6.07) is 3.70. The van der Waals surface area contributed by atoms with E-state index in [2.05, 4.69) is 4.74 Å². The summed E-state index contributed by atoms with van der Waals surface area (Å²) in [5.41, 5.74) is 4.59. The number of esters is 1. The minimum Gasteiger partial charge on any atom is -0.465 e. The van der Waals surface area contributed by atoms with Crippen LogP contribution >= 0.6 is 11.3 Å². The minimum absolute atomic E-state index is 0.01000. The molecule has 0 radical (unpaired) electrons. The highest BCUT2D eigenvalue weighted by atomic mass is 32.1. The zero-order valence-corrected chi connectivity index (χ0v) is 9.98. The number of methoxy groups -OCH3 is 1. The smallest absolute Gasteiger partial charge is 0.417 e. The molecule has 0 aliphatic rings. The van der Waals surface area contributed by atoms with Crippen LogP contribution < -0.4 is 5.73 Å². The molecule has 0 saturated carbocycles. The van der Waals surface area contributed by atoms with Gasteiger partial charge in [0.25, 0.3) is 0 Å². The highest BCUT2D eigenvalue weighted by Crippen LogP contribution is 2.42. The minimum atomic E-state index is -4.51. The monoisotopic (exact) mass is 275 g/mol. The average molecular weight is 275 g/mol. The van der Waals surface area contributed by atoms with Crippen molar-refractivity contribution in [2.75, 3.05) is 12.8 Å². The van der Waals surface area contributed by atoms with Crippen molar-refractivity contribution < 1.29 is 22.7 Å². The number of hydrogen-bond acceptors (Lipinski definition) is 4. The van der Waals surface area contributed by atoms with E-state index in [-0.39, 0.29) is 16.0 Å². The van der Waals surface area contributed by atoms with Crippen LogP contribution in [0, 0.1) is 0 Å². The number of fused-ring (bicyclic) bond motifs is 1. The first-order valence-corrected chi connectivity index (χ1v) is 5.64. The number of hydrogen-bond donors (Lipinski definition) is 1. The number of carbonyl (C=O) groups is 1. The summed E-state index contributed by atoms with van der Waals surface area (Å²) in [6.45, 7) is 0. The number of benzene rings is 1. The van der Waals surface area contributed by atoms with Gasteiger partial charge < -0.3 is 10.5 Å². The van der Waals surface area contributed by atoms with Crippen molar-refractivity contribution in [1.29, 1.82) is 0 Å². The third-order valence-electron chi connectivity index (χ3n) is 2.43. The molecule has 0 amide bonds. The van der Waals surface area contributed by atoms with E-state index in [1.165, 1.54) is 12.1 Å². The fraction of sp³-hybridized carbons (Fsp3) is 0.182. The lowest BCUT2D eigenvalue weighted by atomic mass is 10.1. The summed E-state index contributed by atoms with van der Waals surface area (Å²) in [5, 5.41) is -0.143. The fourth-order valence-corrected chi connectivity index (χ4v) is 2.72. The van der Waals surface area contributed by atoms with Crippen molar-refractivity contribution in [3.8, 4) is 0 Å². The number of rotatable bonds is 1. The second kappa shape index (κ2) is 4.16. The predicted molar refractivity (Wildman–Crippen MR) is 62.6 cm³/mol. The summed E-state index contributed by atoms with van der Waals surface area (Å²) in [5.74, 6) is -0.734. The lowest BCUT2D eigenvalue weighted by Crippen LogP contribution is -2.07. The second-order valence-corrected chi connectivity index (χ2v) is 4.57. The van der Waals surface area contributed by atoms with Crippen molar-refractivity contribution in [2.24, 2.45) is 0 Å². The van der Waals surface area contributed by atoms with Crippen LogP contribution in [0.2, 0.25) is 0 Å². The highest BCUT2D eigenvalue weighted by molar-refractivity contribution is 7.21. The first-order chi connectivity index (χ1) is 8.36. The van der Waals surface area contributed by atoms with Crippen molar-refractivity contribution in [2.45, 2.75) is 6.18 Å². The topological polar surface area (TPSA) is 52.3 Å². The van der Waals surface area contributed by atoms with Crippen molar-refractivity contribution in [3.05, 3.63) is 28.6 Å². The number of ether oxygens (including phenoxy) is 1. The number of nitrogen functional groups attached to an aromatic ring is 1. The van der Waals surface area contributed by atoms with Crippen LogP contribution in [0.4, 0.5) is 18.9 Å². The van der Waals surface area contributed by atoms with Crippen LogP contribution in [0.5, 0.6) is 0 Å². The van der Waals surface area contributed by atoms with Crippen LogP contribution in [-0.2, 0) is 10.9 Å². The van der Waals surface area contributed by atoms with Crippen LogP contribution in [0.3, 0.4) is 0 Å². The van der Waals surface area contributed by atoms with Gasteiger partial charge in [-0.25, -0.2) is 4.79 Å². The van der Waals surface area contributed by atoms with E-state index in [4.69, 9.17) is 5.73 Å². The van der Waals surface area contributed by atoms with Gasteiger partial charge >= 0.3 is 12.1 Å². The lowest BCUT2D eigenvalue weighted by molar-refractivity contribution is -0.136. The molecule has 0 unspecified atom stereocenters. The van der Waals surface area contributed by atoms with E-state index in [9.17, 15) is 18.0 Å². The van der Waals surface area contributed by atoms with E-state index >= 15 is 0 Å². The number of thiophene rings is 1. The molecule has 1 aromatic carbocycles. The Morgan fingerprint density at radius 3 is 2.61 bits per heavy atom. The first-order valence-electron chi connectivity index (χ1n) is 4.82. The van der Waals surface area contributed by atoms with E-state index in [0.717, 1.165) is 24.5 Å². The molecule has 0 bridgehead atoms. The molecule has 18 heavy (non-hydrogen) atoms. The summed E-state index contributed by atoms with van der Waals surface area (Å²) in [4.78, 5) is 11.4. The number of nitrogens with two attached hydrogens (primary N) is 1. The Balaban J connectivity index is 2.78. The van der Waals surface area contributed by atoms with Gasteiger partial charge in [-0.2, -0.15) is 13.2 Å². The molecule has 1 heterocycles. The quantitative estimate of drug-likeness (QED) is 0.812. The third kappa shape index (κ3) is 1.90. The predicted octanol–water partition coefficient (Wildman–Crippen LogP) is 3.29. The average Bonchev–Trinajstić information content (AvgIpc) is 2.65. The summed E-state index contributed by atoms with van der Waals surface area (Å²) in [7, 11) is 1.15. The molecule has 7 heteroatoms. The SMILES string of the molecule is COC(=O)c1sc2cccc(C(F)(F)F)c2c1N.